The van der Waals surface area contributed by atoms with Crippen LogP contribution in [0.4, 0.5) is 0 Å². The van der Waals surface area contributed by atoms with E-state index in [-0.39, 0.29) is 31.0 Å². The van der Waals surface area contributed by atoms with E-state index in [2.05, 4.69) is 0 Å². The predicted octanol–water partition coefficient (Wildman–Crippen LogP) is 0.633. The standard InChI is InChI=1S/C15H28N2O4/c1-4-7-14(19)17-9-6-5-8-13(17)15(20)16(2)10-12(18)11-21-3/h12-13,18H,4-11H2,1-3H3/t12-,13-/m0/s1. The highest BCUT2D eigenvalue weighted by molar-refractivity contribution is 5.87. The molecule has 1 N–H and O–H groups in total. The Morgan fingerprint density at radius 2 is 2.14 bits per heavy atom. The summed E-state index contributed by atoms with van der Waals surface area (Å²) in [5, 5.41) is 9.73. The molecular weight excluding hydrogens is 272 g/mol. The maximum absolute atomic E-state index is 12.5. The van der Waals surface area contributed by atoms with Crippen LogP contribution in [0.3, 0.4) is 0 Å². The van der Waals surface area contributed by atoms with E-state index in [1.165, 1.54) is 12.0 Å². The molecule has 0 aromatic heterocycles. The van der Waals surface area contributed by atoms with Crippen LogP contribution < -0.4 is 0 Å². The summed E-state index contributed by atoms with van der Waals surface area (Å²) in [6.07, 6.45) is 3.19. The van der Waals surface area contributed by atoms with Gasteiger partial charge >= 0.3 is 0 Å². The zero-order valence-corrected chi connectivity index (χ0v) is 13.4. The Morgan fingerprint density at radius 1 is 1.43 bits per heavy atom. The number of piperidine rings is 1. The van der Waals surface area contributed by atoms with Crippen molar-refractivity contribution in [3.63, 3.8) is 0 Å². The number of ether oxygens (including phenoxy) is 1. The summed E-state index contributed by atoms with van der Waals surface area (Å²) in [4.78, 5) is 27.9. The van der Waals surface area contributed by atoms with Crippen LogP contribution in [0, 0.1) is 0 Å². The summed E-state index contributed by atoms with van der Waals surface area (Å²) >= 11 is 0. The van der Waals surface area contributed by atoms with Crippen molar-refractivity contribution in [2.75, 3.05) is 33.9 Å². The van der Waals surface area contributed by atoms with Crippen molar-refractivity contribution >= 4 is 11.8 Å². The van der Waals surface area contributed by atoms with Gasteiger partial charge in [0, 0.05) is 33.7 Å². The molecule has 21 heavy (non-hydrogen) atoms. The first kappa shape index (κ1) is 17.9. The Labute approximate surface area is 127 Å². The minimum atomic E-state index is -0.702. The lowest BCUT2D eigenvalue weighted by molar-refractivity contribution is -0.147. The van der Waals surface area contributed by atoms with Crippen LogP contribution in [-0.4, -0.2) is 72.7 Å². The van der Waals surface area contributed by atoms with E-state index in [0.29, 0.717) is 19.4 Å². The van der Waals surface area contributed by atoms with Crippen molar-refractivity contribution in [2.24, 2.45) is 0 Å². The number of carbonyl (C=O) groups is 2. The van der Waals surface area contributed by atoms with E-state index in [1.54, 1.807) is 11.9 Å². The lowest BCUT2D eigenvalue weighted by atomic mass is 10.00. The molecule has 1 heterocycles. The Bertz CT molecular complexity index is 349. The molecule has 0 spiro atoms. The number of amides is 2. The third-order valence-electron chi connectivity index (χ3n) is 3.79. The summed E-state index contributed by atoms with van der Waals surface area (Å²) in [7, 11) is 3.18. The molecule has 0 aliphatic carbocycles. The summed E-state index contributed by atoms with van der Waals surface area (Å²) in [5.74, 6) is -0.0318. The van der Waals surface area contributed by atoms with Crippen LogP contribution in [0.15, 0.2) is 0 Å². The van der Waals surface area contributed by atoms with Gasteiger partial charge in [-0.25, -0.2) is 0 Å². The van der Waals surface area contributed by atoms with Gasteiger partial charge in [0.25, 0.3) is 0 Å². The molecule has 0 radical (unpaired) electrons. The third kappa shape index (κ3) is 5.28. The number of nitrogens with zero attached hydrogens (tertiary/aromatic N) is 2. The first-order valence-corrected chi connectivity index (χ1v) is 7.72. The molecule has 1 fully saturated rings. The van der Waals surface area contributed by atoms with Crippen molar-refractivity contribution in [2.45, 2.75) is 51.2 Å². The summed E-state index contributed by atoms with van der Waals surface area (Å²) in [5.41, 5.74) is 0. The lowest BCUT2D eigenvalue weighted by Crippen LogP contribution is -2.53. The maximum Gasteiger partial charge on any atom is 0.245 e. The molecule has 1 saturated heterocycles. The Morgan fingerprint density at radius 3 is 2.76 bits per heavy atom. The number of aliphatic hydroxyl groups is 1. The monoisotopic (exact) mass is 300 g/mol. The topological polar surface area (TPSA) is 70.1 Å². The fourth-order valence-electron chi connectivity index (χ4n) is 2.75. The number of methoxy groups -OCH3 is 1. The van der Waals surface area contributed by atoms with Gasteiger partial charge in [0.1, 0.15) is 6.04 Å². The number of carbonyl (C=O) groups excluding carboxylic acids is 2. The molecule has 0 bridgehead atoms. The number of aliphatic hydroxyl groups excluding tert-OH is 1. The highest BCUT2D eigenvalue weighted by Gasteiger charge is 2.33. The maximum atomic E-state index is 12.5. The normalized spacial score (nSPS) is 20.2. The highest BCUT2D eigenvalue weighted by Crippen LogP contribution is 2.20. The van der Waals surface area contributed by atoms with Crippen LogP contribution in [0.1, 0.15) is 39.0 Å². The Balaban J connectivity index is 2.65. The molecular formula is C15H28N2O4. The summed E-state index contributed by atoms with van der Waals surface area (Å²) in [6.45, 7) is 3.04. The molecule has 0 aromatic carbocycles. The van der Waals surface area contributed by atoms with Crippen LogP contribution >= 0.6 is 0 Å². The van der Waals surface area contributed by atoms with E-state index in [9.17, 15) is 14.7 Å². The average molecular weight is 300 g/mol. The zero-order chi connectivity index (χ0) is 15.8. The van der Waals surface area contributed by atoms with Crippen molar-refractivity contribution in [1.82, 2.24) is 9.80 Å². The number of likely N-dealkylation sites (N-methyl/N-ethyl adjacent to an activating group) is 1. The van der Waals surface area contributed by atoms with Crippen LogP contribution in [0.2, 0.25) is 0 Å². The summed E-state index contributed by atoms with van der Waals surface area (Å²) in [6, 6.07) is -0.377. The van der Waals surface area contributed by atoms with Gasteiger partial charge in [0.05, 0.1) is 12.7 Å². The number of hydrogen-bond acceptors (Lipinski definition) is 4. The van der Waals surface area contributed by atoms with E-state index in [4.69, 9.17) is 4.74 Å². The first-order valence-electron chi connectivity index (χ1n) is 7.72. The zero-order valence-electron chi connectivity index (χ0n) is 13.4. The van der Waals surface area contributed by atoms with E-state index < -0.39 is 6.10 Å². The third-order valence-corrected chi connectivity index (χ3v) is 3.79. The minimum Gasteiger partial charge on any atom is -0.389 e. The second kappa shape index (κ2) is 9.00. The Kier molecular flexibility index (Phi) is 7.67. The smallest absolute Gasteiger partial charge is 0.245 e. The number of rotatable bonds is 7. The fraction of sp³-hybridized carbons (Fsp3) is 0.867. The van der Waals surface area contributed by atoms with Crippen molar-refractivity contribution in [3.8, 4) is 0 Å². The molecule has 2 atom stereocenters. The average Bonchev–Trinajstić information content (AvgIpc) is 2.46. The van der Waals surface area contributed by atoms with Crippen molar-refractivity contribution in [1.29, 1.82) is 0 Å². The van der Waals surface area contributed by atoms with Crippen LogP contribution in [0.25, 0.3) is 0 Å². The molecule has 0 saturated carbocycles. The van der Waals surface area contributed by atoms with Gasteiger partial charge in [-0.3, -0.25) is 9.59 Å². The molecule has 6 nitrogen and oxygen atoms in total. The second-order valence-corrected chi connectivity index (χ2v) is 5.68. The second-order valence-electron chi connectivity index (χ2n) is 5.68. The molecule has 1 aliphatic heterocycles. The van der Waals surface area contributed by atoms with Crippen LogP contribution in [-0.2, 0) is 14.3 Å². The van der Waals surface area contributed by atoms with Gasteiger partial charge in [-0.1, -0.05) is 6.92 Å². The molecule has 2 amide bonds. The quantitative estimate of drug-likeness (QED) is 0.749. The number of likely N-dealkylation sites (tertiary alicyclic amines) is 1. The minimum absolute atomic E-state index is 0.0568. The van der Waals surface area contributed by atoms with Crippen molar-refractivity contribution < 1.29 is 19.4 Å². The van der Waals surface area contributed by atoms with E-state index in [1.807, 2.05) is 6.92 Å². The largest absolute Gasteiger partial charge is 0.389 e. The van der Waals surface area contributed by atoms with Crippen molar-refractivity contribution in [3.05, 3.63) is 0 Å². The molecule has 1 rings (SSSR count). The first-order chi connectivity index (χ1) is 10.0. The van der Waals surface area contributed by atoms with Gasteiger partial charge in [0.15, 0.2) is 0 Å². The molecule has 6 heteroatoms. The van der Waals surface area contributed by atoms with Gasteiger partial charge in [0.2, 0.25) is 11.8 Å². The summed E-state index contributed by atoms with van der Waals surface area (Å²) < 4.78 is 4.87. The van der Waals surface area contributed by atoms with E-state index >= 15 is 0 Å². The predicted molar refractivity (Wildman–Crippen MR) is 79.8 cm³/mol. The van der Waals surface area contributed by atoms with Gasteiger partial charge in [-0.15, -0.1) is 0 Å². The number of hydrogen-bond donors (Lipinski definition) is 1. The SMILES string of the molecule is CCCC(=O)N1CCCC[C@H]1C(=O)N(C)C[C@H](O)COC. The molecule has 0 aromatic rings. The van der Waals surface area contributed by atoms with Gasteiger partial charge < -0.3 is 19.6 Å². The highest BCUT2D eigenvalue weighted by atomic mass is 16.5. The molecule has 0 unspecified atom stereocenters. The lowest BCUT2D eigenvalue weighted by Gasteiger charge is -2.37. The van der Waals surface area contributed by atoms with Gasteiger partial charge in [-0.05, 0) is 25.7 Å². The van der Waals surface area contributed by atoms with Gasteiger partial charge in [-0.2, -0.15) is 0 Å². The molecule has 122 valence electrons. The Hall–Kier alpha value is -1.14. The fourth-order valence-corrected chi connectivity index (χ4v) is 2.75. The van der Waals surface area contributed by atoms with E-state index in [0.717, 1.165) is 19.3 Å². The van der Waals surface area contributed by atoms with Crippen LogP contribution in [0.5, 0.6) is 0 Å². The molecule has 1 aliphatic rings.